The molecule has 1 aromatic rings. The molecule has 126 valence electrons. The van der Waals surface area contributed by atoms with Gasteiger partial charge in [0.05, 0.1) is 11.3 Å². The summed E-state index contributed by atoms with van der Waals surface area (Å²) in [6.45, 7) is 2.43. The predicted molar refractivity (Wildman–Crippen MR) is 78.2 cm³/mol. The number of likely N-dealkylation sites (tertiary alicyclic amines) is 1. The van der Waals surface area contributed by atoms with Crippen LogP contribution in [0.25, 0.3) is 0 Å². The molecule has 1 aliphatic rings. The zero-order valence-corrected chi connectivity index (χ0v) is 12.6. The summed E-state index contributed by atoms with van der Waals surface area (Å²) in [6, 6.07) is 4.93. The van der Waals surface area contributed by atoms with Gasteiger partial charge in [0.1, 0.15) is 0 Å². The van der Waals surface area contributed by atoms with Crippen LogP contribution in [0.2, 0.25) is 0 Å². The van der Waals surface area contributed by atoms with Crippen molar-refractivity contribution in [1.82, 2.24) is 10.3 Å². The van der Waals surface area contributed by atoms with Crippen molar-refractivity contribution in [3.8, 4) is 0 Å². The van der Waals surface area contributed by atoms with Crippen LogP contribution < -0.4 is 10.9 Å². The van der Waals surface area contributed by atoms with E-state index in [9.17, 15) is 22.8 Å². The molecular weight excluding hydrogens is 311 g/mol. The zero-order valence-electron chi connectivity index (χ0n) is 12.6. The number of benzene rings is 1. The Morgan fingerprint density at radius 2 is 1.78 bits per heavy atom. The third-order valence-corrected chi connectivity index (χ3v) is 3.86. The number of nitrogens with zero attached hydrogens (tertiary/aromatic N) is 1. The van der Waals surface area contributed by atoms with Crippen LogP contribution in [0.3, 0.4) is 0 Å². The minimum atomic E-state index is -4.50. The number of amides is 2. The van der Waals surface area contributed by atoms with Crippen LogP contribution >= 0.6 is 0 Å². The van der Waals surface area contributed by atoms with E-state index in [0.29, 0.717) is 25.9 Å². The van der Waals surface area contributed by atoms with Crippen LogP contribution in [0.1, 0.15) is 25.3 Å². The zero-order chi connectivity index (χ0) is 17.0. The maximum atomic E-state index is 12.9. The highest BCUT2D eigenvalue weighted by Gasteiger charge is 2.33. The fourth-order valence-electron chi connectivity index (χ4n) is 2.53. The van der Waals surface area contributed by atoms with E-state index in [0.717, 1.165) is 6.07 Å². The third kappa shape index (κ3) is 4.37. The van der Waals surface area contributed by atoms with Crippen LogP contribution in [0.5, 0.6) is 0 Å². The first-order chi connectivity index (χ1) is 10.8. The first-order valence-corrected chi connectivity index (χ1v) is 7.26. The Bertz CT molecular complexity index is 582. The molecule has 8 heteroatoms. The highest BCUT2D eigenvalue weighted by Crippen LogP contribution is 2.34. The van der Waals surface area contributed by atoms with Crippen molar-refractivity contribution in [3.63, 3.8) is 0 Å². The number of hydrogen-bond donors (Lipinski definition) is 2. The molecule has 0 saturated carbocycles. The first kappa shape index (κ1) is 17.1. The van der Waals surface area contributed by atoms with E-state index in [4.69, 9.17) is 0 Å². The molecule has 2 N–H and O–H groups in total. The molecule has 1 fully saturated rings. The molecule has 1 saturated heterocycles. The third-order valence-electron chi connectivity index (χ3n) is 3.86. The molecule has 0 bridgehead atoms. The van der Waals surface area contributed by atoms with Crippen molar-refractivity contribution >= 4 is 17.5 Å². The summed E-state index contributed by atoms with van der Waals surface area (Å²) < 4.78 is 38.6. The molecule has 0 atom stereocenters. The van der Waals surface area contributed by atoms with Crippen molar-refractivity contribution < 1.29 is 22.8 Å². The molecule has 0 aromatic heterocycles. The molecule has 2 amide bonds. The summed E-state index contributed by atoms with van der Waals surface area (Å²) in [5, 5.41) is 0. The van der Waals surface area contributed by atoms with E-state index in [1.54, 1.807) is 4.90 Å². The SMILES string of the molecule is CC(=O)N1CCC(C(=O)NNc2ccccc2C(F)(F)F)CC1. The summed E-state index contributed by atoms with van der Waals surface area (Å²) in [5.41, 5.74) is 3.64. The van der Waals surface area contributed by atoms with Crippen molar-refractivity contribution in [1.29, 1.82) is 0 Å². The van der Waals surface area contributed by atoms with Gasteiger partial charge in [-0.2, -0.15) is 13.2 Å². The Balaban J connectivity index is 1.92. The number of para-hydroxylation sites is 1. The van der Waals surface area contributed by atoms with Crippen LogP contribution in [0.15, 0.2) is 24.3 Å². The average Bonchev–Trinajstić information content (AvgIpc) is 2.52. The lowest BCUT2D eigenvalue weighted by atomic mass is 9.96. The number of anilines is 1. The second-order valence-electron chi connectivity index (χ2n) is 5.44. The predicted octanol–water partition coefficient (Wildman–Crippen LogP) is 2.41. The van der Waals surface area contributed by atoms with Gasteiger partial charge in [-0.15, -0.1) is 0 Å². The van der Waals surface area contributed by atoms with Gasteiger partial charge in [0.2, 0.25) is 11.8 Å². The van der Waals surface area contributed by atoms with Gasteiger partial charge < -0.3 is 4.90 Å². The van der Waals surface area contributed by atoms with Gasteiger partial charge in [0, 0.05) is 25.9 Å². The van der Waals surface area contributed by atoms with E-state index in [-0.39, 0.29) is 23.4 Å². The molecule has 0 aliphatic carbocycles. The highest BCUT2D eigenvalue weighted by molar-refractivity contribution is 5.81. The largest absolute Gasteiger partial charge is 0.418 e. The molecule has 1 aromatic carbocycles. The quantitative estimate of drug-likeness (QED) is 0.837. The second kappa shape index (κ2) is 6.89. The maximum Gasteiger partial charge on any atom is 0.418 e. The molecular formula is C15H18F3N3O2. The van der Waals surface area contributed by atoms with Crippen molar-refractivity contribution in [2.45, 2.75) is 25.9 Å². The van der Waals surface area contributed by atoms with E-state index in [1.165, 1.54) is 25.1 Å². The van der Waals surface area contributed by atoms with Gasteiger partial charge in [-0.25, -0.2) is 0 Å². The van der Waals surface area contributed by atoms with Crippen LogP contribution in [0.4, 0.5) is 18.9 Å². The number of alkyl halides is 3. The molecule has 1 heterocycles. The lowest BCUT2D eigenvalue weighted by Crippen LogP contribution is -2.43. The van der Waals surface area contributed by atoms with Crippen molar-refractivity contribution in [2.75, 3.05) is 18.5 Å². The minimum absolute atomic E-state index is 0.0407. The fraction of sp³-hybridized carbons (Fsp3) is 0.467. The van der Waals surface area contributed by atoms with E-state index < -0.39 is 11.7 Å². The van der Waals surface area contributed by atoms with E-state index >= 15 is 0 Å². The average molecular weight is 329 g/mol. The number of hydrazine groups is 1. The van der Waals surface area contributed by atoms with Crippen LogP contribution in [0, 0.1) is 5.92 Å². The summed E-state index contributed by atoms with van der Waals surface area (Å²) in [6.07, 6.45) is -3.51. The summed E-state index contributed by atoms with van der Waals surface area (Å²) in [4.78, 5) is 24.9. The molecule has 2 rings (SSSR count). The van der Waals surface area contributed by atoms with Gasteiger partial charge >= 0.3 is 6.18 Å². The number of carbonyl (C=O) groups excluding carboxylic acids is 2. The van der Waals surface area contributed by atoms with E-state index in [1.807, 2.05) is 0 Å². The summed E-state index contributed by atoms with van der Waals surface area (Å²) >= 11 is 0. The Kier molecular flexibility index (Phi) is 5.12. The standard InChI is InChI=1S/C15H18F3N3O2/c1-10(22)21-8-6-11(7-9-21)14(23)20-19-13-5-3-2-4-12(13)15(16,17)18/h2-5,11,19H,6-9H2,1H3,(H,20,23). The molecule has 23 heavy (non-hydrogen) atoms. The second-order valence-corrected chi connectivity index (χ2v) is 5.44. The molecule has 1 aliphatic heterocycles. The topological polar surface area (TPSA) is 61.4 Å². The van der Waals surface area contributed by atoms with E-state index in [2.05, 4.69) is 10.9 Å². The first-order valence-electron chi connectivity index (χ1n) is 7.26. The van der Waals surface area contributed by atoms with Crippen LogP contribution in [-0.4, -0.2) is 29.8 Å². The monoisotopic (exact) mass is 329 g/mol. The Hall–Kier alpha value is -2.25. The molecule has 0 radical (unpaired) electrons. The molecule has 0 spiro atoms. The fourth-order valence-corrected chi connectivity index (χ4v) is 2.53. The Morgan fingerprint density at radius 1 is 1.17 bits per heavy atom. The van der Waals surface area contributed by atoms with Gasteiger partial charge in [-0.3, -0.25) is 20.4 Å². The number of halogens is 3. The van der Waals surface area contributed by atoms with Gasteiger partial charge in [0.25, 0.3) is 0 Å². The smallest absolute Gasteiger partial charge is 0.343 e. The number of piperidine rings is 1. The number of nitrogens with one attached hydrogen (secondary N) is 2. The minimum Gasteiger partial charge on any atom is -0.343 e. The number of carbonyl (C=O) groups is 2. The van der Waals surface area contributed by atoms with Gasteiger partial charge in [-0.1, -0.05) is 12.1 Å². The molecule has 5 nitrogen and oxygen atoms in total. The van der Waals surface area contributed by atoms with Crippen molar-refractivity contribution in [2.24, 2.45) is 5.92 Å². The Morgan fingerprint density at radius 3 is 2.35 bits per heavy atom. The summed E-state index contributed by atoms with van der Waals surface area (Å²) in [7, 11) is 0. The number of hydrogen-bond acceptors (Lipinski definition) is 3. The summed E-state index contributed by atoms with van der Waals surface area (Å²) in [5.74, 6) is -0.734. The number of rotatable bonds is 3. The van der Waals surface area contributed by atoms with Gasteiger partial charge in [-0.05, 0) is 25.0 Å². The lowest BCUT2D eigenvalue weighted by Gasteiger charge is -2.30. The van der Waals surface area contributed by atoms with Crippen molar-refractivity contribution in [3.05, 3.63) is 29.8 Å². The highest BCUT2D eigenvalue weighted by atomic mass is 19.4. The van der Waals surface area contributed by atoms with Crippen LogP contribution in [-0.2, 0) is 15.8 Å². The van der Waals surface area contributed by atoms with Gasteiger partial charge in [0.15, 0.2) is 0 Å². The lowest BCUT2D eigenvalue weighted by molar-refractivity contribution is -0.137. The molecule has 0 unspecified atom stereocenters. The maximum absolute atomic E-state index is 12.9. The normalized spacial score (nSPS) is 16.1. The Labute approximate surface area is 131 Å².